The first-order valence-electron chi connectivity index (χ1n) is 6.99. The third-order valence-corrected chi connectivity index (χ3v) is 3.43. The van der Waals surface area contributed by atoms with Gasteiger partial charge in [0.15, 0.2) is 0 Å². The van der Waals surface area contributed by atoms with Crippen LogP contribution in [0.15, 0.2) is 18.3 Å². The van der Waals surface area contributed by atoms with Crippen molar-refractivity contribution in [2.24, 2.45) is 5.92 Å². The van der Waals surface area contributed by atoms with E-state index in [0.717, 1.165) is 19.3 Å². The highest BCUT2D eigenvalue weighted by Crippen LogP contribution is 2.27. The molecule has 19 heavy (non-hydrogen) atoms. The summed E-state index contributed by atoms with van der Waals surface area (Å²) in [5.74, 6) is 0.668. The predicted molar refractivity (Wildman–Crippen MR) is 72.2 cm³/mol. The second-order valence-electron chi connectivity index (χ2n) is 5.09. The SMILES string of the molecule is CCOc1ncccc1C(=O)OC1CCCC(C)C1. The molecule has 0 N–H and O–H groups in total. The first-order valence-corrected chi connectivity index (χ1v) is 6.99. The smallest absolute Gasteiger partial charge is 0.343 e. The van der Waals surface area contributed by atoms with E-state index in [0.29, 0.717) is 24.0 Å². The minimum Gasteiger partial charge on any atom is -0.477 e. The summed E-state index contributed by atoms with van der Waals surface area (Å²) in [5, 5.41) is 0. The highest BCUT2D eigenvalue weighted by Gasteiger charge is 2.24. The van der Waals surface area contributed by atoms with Crippen LogP contribution in [-0.2, 0) is 4.74 Å². The van der Waals surface area contributed by atoms with E-state index in [1.807, 2.05) is 6.92 Å². The van der Waals surface area contributed by atoms with E-state index >= 15 is 0 Å². The molecule has 0 radical (unpaired) electrons. The Morgan fingerprint density at radius 1 is 1.47 bits per heavy atom. The summed E-state index contributed by atoms with van der Waals surface area (Å²) in [5.41, 5.74) is 0.419. The van der Waals surface area contributed by atoms with Gasteiger partial charge in [0.25, 0.3) is 0 Å². The first kappa shape index (κ1) is 13.8. The van der Waals surface area contributed by atoms with Gasteiger partial charge < -0.3 is 9.47 Å². The summed E-state index contributed by atoms with van der Waals surface area (Å²) < 4.78 is 10.9. The number of carbonyl (C=O) groups excluding carboxylic acids is 1. The second kappa shape index (κ2) is 6.55. The van der Waals surface area contributed by atoms with Crippen molar-refractivity contribution < 1.29 is 14.3 Å². The number of nitrogens with zero attached hydrogens (tertiary/aromatic N) is 1. The van der Waals surface area contributed by atoms with Crippen molar-refractivity contribution in [3.8, 4) is 5.88 Å². The van der Waals surface area contributed by atoms with E-state index in [1.54, 1.807) is 18.3 Å². The Bertz CT molecular complexity index is 433. The third-order valence-electron chi connectivity index (χ3n) is 3.43. The van der Waals surface area contributed by atoms with Gasteiger partial charge in [-0.1, -0.05) is 13.3 Å². The van der Waals surface area contributed by atoms with E-state index < -0.39 is 0 Å². The standard InChI is InChI=1S/C15H21NO3/c1-3-18-14-13(8-5-9-16-14)15(17)19-12-7-4-6-11(2)10-12/h5,8-9,11-12H,3-4,6-7,10H2,1-2H3. The van der Waals surface area contributed by atoms with Gasteiger partial charge in [-0.3, -0.25) is 0 Å². The minimum absolute atomic E-state index is 0.0333. The molecule has 0 aliphatic heterocycles. The van der Waals surface area contributed by atoms with Crippen LogP contribution in [0.3, 0.4) is 0 Å². The van der Waals surface area contributed by atoms with E-state index in [9.17, 15) is 4.79 Å². The number of ether oxygens (including phenoxy) is 2. The topological polar surface area (TPSA) is 48.4 Å². The molecule has 4 heteroatoms. The number of esters is 1. The molecule has 0 saturated heterocycles. The molecule has 0 bridgehead atoms. The number of pyridine rings is 1. The molecule has 1 aromatic heterocycles. The van der Waals surface area contributed by atoms with Gasteiger partial charge in [-0.15, -0.1) is 0 Å². The fourth-order valence-corrected chi connectivity index (χ4v) is 2.50. The molecule has 1 saturated carbocycles. The summed E-state index contributed by atoms with van der Waals surface area (Å²) >= 11 is 0. The van der Waals surface area contributed by atoms with Crippen molar-refractivity contribution >= 4 is 5.97 Å². The van der Waals surface area contributed by atoms with Crippen molar-refractivity contribution in [1.29, 1.82) is 0 Å². The molecule has 0 aromatic carbocycles. The van der Waals surface area contributed by atoms with Crippen LogP contribution in [0.4, 0.5) is 0 Å². The normalized spacial score (nSPS) is 22.8. The maximum Gasteiger partial charge on any atom is 0.343 e. The largest absolute Gasteiger partial charge is 0.477 e. The minimum atomic E-state index is -0.323. The molecule has 4 nitrogen and oxygen atoms in total. The van der Waals surface area contributed by atoms with Gasteiger partial charge in [0.05, 0.1) is 6.61 Å². The zero-order valence-electron chi connectivity index (χ0n) is 11.6. The average molecular weight is 263 g/mol. The van der Waals surface area contributed by atoms with Crippen LogP contribution in [0.25, 0.3) is 0 Å². The van der Waals surface area contributed by atoms with Gasteiger partial charge in [-0.25, -0.2) is 9.78 Å². The molecule has 2 unspecified atom stereocenters. The monoisotopic (exact) mass is 263 g/mol. The van der Waals surface area contributed by atoms with E-state index in [-0.39, 0.29) is 12.1 Å². The van der Waals surface area contributed by atoms with Gasteiger partial charge in [0, 0.05) is 6.20 Å². The maximum atomic E-state index is 12.2. The molecule has 1 fully saturated rings. The Morgan fingerprint density at radius 3 is 3.05 bits per heavy atom. The molecule has 104 valence electrons. The van der Waals surface area contributed by atoms with Gasteiger partial charge in [-0.2, -0.15) is 0 Å². The Hall–Kier alpha value is -1.58. The molecule has 1 aliphatic rings. The number of hydrogen-bond donors (Lipinski definition) is 0. The molecule has 1 aromatic rings. The average Bonchev–Trinajstić information content (AvgIpc) is 2.39. The molecule has 0 spiro atoms. The predicted octanol–water partition coefficient (Wildman–Crippen LogP) is 3.22. The lowest BCUT2D eigenvalue weighted by molar-refractivity contribution is 0.0151. The number of aromatic nitrogens is 1. The summed E-state index contributed by atoms with van der Waals surface area (Å²) in [4.78, 5) is 16.2. The molecule has 2 rings (SSSR count). The molecular formula is C15H21NO3. The summed E-state index contributed by atoms with van der Waals surface area (Å²) in [6, 6.07) is 3.43. The molecule has 1 heterocycles. The molecule has 1 aliphatic carbocycles. The molecule has 0 amide bonds. The fraction of sp³-hybridized carbons (Fsp3) is 0.600. The lowest BCUT2D eigenvalue weighted by atomic mass is 9.89. The number of hydrogen-bond acceptors (Lipinski definition) is 4. The van der Waals surface area contributed by atoms with Crippen LogP contribution < -0.4 is 4.74 Å². The van der Waals surface area contributed by atoms with Gasteiger partial charge in [0.1, 0.15) is 11.7 Å². The second-order valence-corrected chi connectivity index (χ2v) is 5.09. The summed E-state index contributed by atoms with van der Waals surface area (Å²) in [6.07, 6.45) is 5.92. The van der Waals surface area contributed by atoms with E-state index in [1.165, 1.54) is 6.42 Å². The lowest BCUT2D eigenvalue weighted by Gasteiger charge is -2.26. The van der Waals surface area contributed by atoms with Crippen LogP contribution >= 0.6 is 0 Å². The van der Waals surface area contributed by atoms with Crippen LogP contribution in [0, 0.1) is 5.92 Å². The molecule has 2 atom stereocenters. The van der Waals surface area contributed by atoms with Gasteiger partial charge in [0.2, 0.25) is 5.88 Å². The van der Waals surface area contributed by atoms with Crippen LogP contribution in [-0.4, -0.2) is 23.7 Å². The maximum absolute atomic E-state index is 12.2. The van der Waals surface area contributed by atoms with Gasteiger partial charge in [-0.05, 0) is 44.2 Å². The van der Waals surface area contributed by atoms with Crippen molar-refractivity contribution in [3.05, 3.63) is 23.9 Å². The number of rotatable bonds is 4. The Kier molecular flexibility index (Phi) is 4.77. The van der Waals surface area contributed by atoms with Crippen molar-refractivity contribution in [1.82, 2.24) is 4.98 Å². The Morgan fingerprint density at radius 2 is 2.32 bits per heavy atom. The van der Waals surface area contributed by atoms with E-state index in [2.05, 4.69) is 11.9 Å². The van der Waals surface area contributed by atoms with Crippen molar-refractivity contribution in [2.75, 3.05) is 6.61 Å². The summed E-state index contributed by atoms with van der Waals surface area (Å²) in [6.45, 7) is 4.56. The quantitative estimate of drug-likeness (QED) is 0.783. The van der Waals surface area contributed by atoms with Gasteiger partial charge >= 0.3 is 5.97 Å². The number of carbonyl (C=O) groups is 1. The van der Waals surface area contributed by atoms with Crippen LogP contribution in [0.5, 0.6) is 5.88 Å². The van der Waals surface area contributed by atoms with Crippen LogP contribution in [0.1, 0.15) is 49.9 Å². The molecular weight excluding hydrogens is 242 g/mol. The Balaban J connectivity index is 2.03. The highest BCUT2D eigenvalue weighted by atomic mass is 16.5. The third kappa shape index (κ3) is 3.69. The zero-order chi connectivity index (χ0) is 13.7. The van der Waals surface area contributed by atoms with Crippen LogP contribution in [0.2, 0.25) is 0 Å². The zero-order valence-corrected chi connectivity index (χ0v) is 11.6. The fourth-order valence-electron chi connectivity index (χ4n) is 2.50. The lowest BCUT2D eigenvalue weighted by Crippen LogP contribution is -2.25. The van der Waals surface area contributed by atoms with Crippen molar-refractivity contribution in [3.63, 3.8) is 0 Å². The summed E-state index contributed by atoms with van der Waals surface area (Å²) in [7, 11) is 0. The van der Waals surface area contributed by atoms with E-state index in [4.69, 9.17) is 9.47 Å². The van der Waals surface area contributed by atoms with Crippen molar-refractivity contribution in [2.45, 2.75) is 45.6 Å². The first-order chi connectivity index (χ1) is 9.20. The highest BCUT2D eigenvalue weighted by molar-refractivity contribution is 5.91. The Labute approximate surface area is 114 Å².